The van der Waals surface area contributed by atoms with E-state index >= 15 is 0 Å². The Morgan fingerprint density at radius 3 is 2.29 bits per heavy atom. The van der Waals surface area contributed by atoms with E-state index in [0.29, 0.717) is 11.3 Å². The van der Waals surface area contributed by atoms with E-state index in [1.807, 2.05) is 0 Å². The van der Waals surface area contributed by atoms with Crippen molar-refractivity contribution < 1.29 is 8.78 Å². The van der Waals surface area contributed by atoms with E-state index in [1.165, 1.54) is 17.2 Å². The summed E-state index contributed by atoms with van der Waals surface area (Å²) in [6.07, 6.45) is 2.95. The third-order valence-electron chi connectivity index (χ3n) is 1.87. The summed E-state index contributed by atoms with van der Waals surface area (Å²) in [5.74, 6) is -1.76. The van der Waals surface area contributed by atoms with E-state index in [1.54, 1.807) is 6.92 Å². The lowest BCUT2D eigenvalue weighted by molar-refractivity contribution is 0.505. The maximum Gasteiger partial charge on any atom is 0.161 e. The molecule has 1 heterocycles. The Hall–Kier alpha value is -1.78. The van der Waals surface area contributed by atoms with Crippen LogP contribution in [-0.2, 0) is 0 Å². The van der Waals surface area contributed by atoms with Crippen molar-refractivity contribution in [3.63, 3.8) is 0 Å². The summed E-state index contributed by atoms with van der Waals surface area (Å²) in [7, 11) is 0. The predicted octanol–water partition coefficient (Wildman–Crippen LogP) is 1.85. The van der Waals surface area contributed by atoms with Crippen LogP contribution in [-0.4, -0.2) is 15.0 Å². The zero-order chi connectivity index (χ0) is 10.1. The first-order valence-electron chi connectivity index (χ1n) is 4.01. The van der Waals surface area contributed by atoms with Gasteiger partial charge in [-0.15, -0.1) is 0 Å². The average molecular weight is 195 g/mol. The van der Waals surface area contributed by atoms with Gasteiger partial charge < -0.3 is 0 Å². The summed E-state index contributed by atoms with van der Waals surface area (Å²) in [5, 5.41) is 7.67. The van der Waals surface area contributed by atoms with Gasteiger partial charge in [0.25, 0.3) is 0 Å². The van der Waals surface area contributed by atoms with Crippen LogP contribution in [0.2, 0.25) is 0 Å². The van der Waals surface area contributed by atoms with Crippen molar-refractivity contribution in [2.75, 3.05) is 0 Å². The SMILES string of the molecule is Cc1cc(F)c(F)cc1-n1nccn1. The van der Waals surface area contributed by atoms with Crippen LogP contribution in [0.4, 0.5) is 8.78 Å². The molecule has 0 aliphatic rings. The van der Waals surface area contributed by atoms with Gasteiger partial charge in [-0.1, -0.05) is 0 Å². The smallest absolute Gasteiger partial charge is 0.161 e. The minimum atomic E-state index is -0.900. The zero-order valence-corrected chi connectivity index (χ0v) is 7.41. The zero-order valence-electron chi connectivity index (χ0n) is 7.41. The van der Waals surface area contributed by atoms with Gasteiger partial charge in [-0.05, 0) is 18.6 Å². The molecule has 0 bridgehead atoms. The number of hydrogen-bond acceptors (Lipinski definition) is 2. The number of halogens is 2. The summed E-state index contributed by atoms with van der Waals surface area (Å²) >= 11 is 0. The van der Waals surface area contributed by atoms with Crippen molar-refractivity contribution in [2.45, 2.75) is 6.92 Å². The van der Waals surface area contributed by atoms with Gasteiger partial charge in [-0.25, -0.2) is 8.78 Å². The van der Waals surface area contributed by atoms with E-state index in [4.69, 9.17) is 0 Å². The monoisotopic (exact) mass is 195 g/mol. The van der Waals surface area contributed by atoms with Gasteiger partial charge in [0.15, 0.2) is 11.6 Å². The van der Waals surface area contributed by atoms with Crippen LogP contribution in [0.5, 0.6) is 0 Å². The molecule has 0 saturated heterocycles. The Bertz CT molecular complexity index is 451. The van der Waals surface area contributed by atoms with Crippen LogP contribution in [0.3, 0.4) is 0 Å². The highest BCUT2D eigenvalue weighted by Gasteiger charge is 2.08. The molecule has 0 fully saturated rings. The van der Waals surface area contributed by atoms with Crippen LogP contribution in [0.15, 0.2) is 24.5 Å². The Morgan fingerprint density at radius 1 is 1.07 bits per heavy atom. The van der Waals surface area contributed by atoms with E-state index in [0.717, 1.165) is 12.1 Å². The lowest BCUT2D eigenvalue weighted by atomic mass is 10.2. The van der Waals surface area contributed by atoms with Crippen molar-refractivity contribution in [2.24, 2.45) is 0 Å². The number of nitrogens with zero attached hydrogens (tertiary/aromatic N) is 3. The summed E-state index contributed by atoms with van der Waals surface area (Å²) in [5.41, 5.74) is 1.02. The molecule has 72 valence electrons. The van der Waals surface area contributed by atoms with Crippen LogP contribution < -0.4 is 0 Å². The summed E-state index contributed by atoms with van der Waals surface area (Å²) in [6.45, 7) is 1.67. The van der Waals surface area contributed by atoms with Crippen molar-refractivity contribution in [3.05, 3.63) is 41.7 Å². The standard InChI is InChI=1S/C9H7F2N3/c1-6-4-7(10)8(11)5-9(6)14-12-2-3-13-14/h2-5H,1H3. The Balaban J connectivity index is 2.60. The Labute approximate surface area is 79.0 Å². The van der Waals surface area contributed by atoms with Gasteiger partial charge in [0.2, 0.25) is 0 Å². The summed E-state index contributed by atoms with van der Waals surface area (Å²) in [6, 6.07) is 2.19. The number of benzene rings is 1. The molecule has 0 aliphatic heterocycles. The molecule has 0 aliphatic carbocycles. The van der Waals surface area contributed by atoms with Gasteiger partial charge in [0.05, 0.1) is 18.1 Å². The van der Waals surface area contributed by atoms with Gasteiger partial charge in [-0.3, -0.25) is 0 Å². The minimum absolute atomic E-state index is 0.439. The van der Waals surface area contributed by atoms with E-state index in [-0.39, 0.29) is 0 Å². The Kier molecular flexibility index (Phi) is 1.99. The van der Waals surface area contributed by atoms with E-state index in [9.17, 15) is 8.78 Å². The predicted molar refractivity (Wildman–Crippen MR) is 46.0 cm³/mol. The molecule has 3 nitrogen and oxygen atoms in total. The molecular weight excluding hydrogens is 188 g/mol. The first-order chi connectivity index (χ1) is 6.68. The normalized spacial score (nSPS) is 10.5. The maximum absolute atomic E-state index is 12.9. The third kappa shape index (κ3) is 1.37. The second kappa shape index (κ2) is 3.17. The maximum atomic E-state index is 12.9. The molecule has 0 saturated carbocycles. The molecular formula is C9H7F2N3. The first kappa shape index (κ1) is 8.80. The molecule has 2 aromatic rings. The molecule has 1 aromatic carbocycles. The van der Waals surface area contributed by atoms with Crippen LogP contribution >= 0.6 is 0 Å². The summed E-state index contributed by atoms with van der Waals surface area (Å²) < 4.78 is 25.7. The molecule has 2 rings (SSSR count). The minimum Gasteiger partial charge on any atom is -0.204 e. The van der Waals surface area contributed by atoms with Gasteiger partial charge in [0.1, 0.15) is 0 Å². The molecule has 0 unspecified atom stereocenters. The van der Waals surface area contributed by atoms with Crippen LogP contribution in [0, 0.1) is 18.6 Å². The molecule has 0 atom stereocenters. The first-order valence-corrected chi connectivity index (χ1v) is 4.01. The molecule has 14 heavy (non-hydrogen) atoms. The molecule has 0 radical (unpaired) electrons. The van der Waals surface area contributed by atoms with Crippen LogP contribution in [0.1, 0.15) is 5.56 Å². The number of hydrogen-bond donors (Lipinski definition) is 0. The third-order valence-corrected chi connectivity index (χ3v) is 1.87. The fourth-order valence-corrected chi connectivity index (χ4v) is 1.19. The van der Waals surface area contributed by atoms with E-state index < -0.39 is 11.6 Å². The topological polar surface area (TPSA) is 30.7 Å². The number of aromatic nitrogens is 3. The van der Waals surface area contributed by atoms with Gasteiger partial charge in [0, 0.05) is 6.07 Å². The van der Waals surface area contributed by atoms with Crippen molar-refractivity contribution in [1.29, 1.82) is 0 Å². The lowest BCUT2D eigenvalue weighted by Gasteiger charge is -2.04. The number of aryl methyl sites for hydroxylation is 1. The highest BCUT2D eigenvalue weighted by molar-refractivity contribution is 5.39. The second-order valence-corrected chi connectivity index (χ2v) is 2.87. The lowest BCUT2D eigenvalue weighted by Crippen LogP contribution is -2.02. The van der Waals surface area contributed by atoms with Crippen molar-refractivity contribution in [3.8, 4) is 5.69 Å². The Morgan fingerprint density at radius 2 is 1.64 bits per heavy atom. The molecule has 5 heteroatoms. The van der Waals surface area contributed by atoms with Crippen molar-refractivity contribution >= 4 is 0 Å². The quantitative estimate of drug-likeness (QED) is 0.695. The van der Waals surface area contributed by atoms with E-state index in [2.05, 4.69) is 10.2 Å². The summed E-state index contributed by atoms with van der Waals surface area (Å²) in [4.78, 5) is 1.25. The van der Waals surface area contributed by atoms with Crippen LogP contribution in [0.25, 0.3) is 5.69 Å². The fourth-order valence-electron chi connectivity index (χ4n) is 1.19. The van der Waals surface area contributed by atoms with Gasteiger partial charge in [-0.2, -0.15) is 15.0 Å². The molecule has 0 amide bonds. The molecule has 1 aromatic heterocycles. The highest BCUT2D eigenvalue weighted by Crippen LogP contribution is 2.16. The van der Waals surface area contributed by atoms with Gasteiger partial charge >= 0.3 is 0 Å². The number of rotatable bonds is 1. The largest absolute Gasteiger partial charge is 0.204 e. The fraction of sp³-hybridized carbons (Fsp3) is 0.111. The highest BCUT2D eigenvalue weighted by atomic mass is 19.2. The van der Waals surface area contributed by atoms with Crippen molar-refractivity contribution in [1.82, 2.24) is 15.0 Å². The average Bonchev–Trinajstić information content (AvgIpc) is 2.64. The molecule has 0 N–H and O–H groups in total. The molecule has 0 spiro atoms. The second-order valence-electron chi connectivity index (χ2n) is 2.87.